The summed E-state index contributed by atoms with van der Waals surface area (Å²) in [5.74, 6) is 1.65. The molecule has 0 unspecified atom stereocenters. The van der Waals surface area contributed by atoms with Crippen molar-refractivity contribution >= 4 is 35.2 Å². The van der Waals surface area contributed by atoms with Gasteiger partial charge < -0.3 is 25.7 Å². The van der Waals surface area contributed by atoms with Gasteiger partial charge >= 0.3 is 0 Å². The van der Waals surface area contributed by atoms with Crippen LogP contribution in [0.2, 0.25) is 0 Å². The number of aryl methyl sites for hydroxylation is 1. The van der Waals surface area contributed by atoms with E-state index in [2.05, 4.69) is 15.0 Å². The molecule has 10 nitrogen and oxygen atoms in total. The Morgan fingerprint density at radius 1 is 1.27 bits per heavy atom. The Hall–Kier alpha value is -3.00. The van der Waals surface area contributed by atoms with Crippen molar-refractivity contribution in [2.45, 2.75) is 12.1 Å². The number of amides is 1. The van der Waals surface area contributed by atoms with E-state index >= 15 is 0 Å². The highest BCUT2D eigenvalue weighted by Gasteiger charge is 2.25. The fourth-order valence-electron chi connectivity index (χ4n) is 2.61. The van der Waals surface area contributed by atoms with Gasteiger partial charge in [0, 0.05) is 39.2 Å². The molecular formula is C15H18N8O2S. The first-order valence-electron chi connectivity index (χ1n) is 7.89. The topological polar surface area (TPSA) is 151 Å². The second-order valence-corrected chi connectivity index (χ2v) is 6.60. The van der Waals surface area contributed by atoms with Gasteiger partial charge in [-0.15, -0.1) is 0 Å². The maximum atomic E-state index is 12.4. The number of carbonyl (C=O) groups excluding carboxylic acids is 1. The third-order valence-corrected chi connectivity index (χ3v) is 4.64. The van der Waals surface area contributed by atoms with Gasteiger partial charge in [0.25, 0.3) is 0 Å². The van der Waals surface area contributed by atoms with Gasteiger partial charge in [-0.2, -0.15) is 5.26 Å². The van der Waals surface area contributed by atoms with E-state index in [-0.39, 0.29) is 29.0 Å². The van der Waals surface area contributed by atoms with Gasteiger partial charge in [-0.25, -0.2) is 15.0 Å². The molecule has 4 N–H and O–H groups in total. The predicted molar refractivity (Wildman–Crippen MR) is 96.3 cm³/mol. The molecule has 3 rings (SSSR count). The van der Waals surface area contributed by atoms with E-state index in [0.29, 0.717) is 43.1 Å². The van der Waals surface area contributed by atoms with Crippen LogP contribution in [0.4, 0.5) is 17.5 Å². The lowest BCUT2D eigenvalue weighted by Crippen LogP contribution is -2.49. The van der Waals surface area contributed by atoms with Crippen LogP contribution in [0.1, 0.15) is 11.6 Å². The van der Waals surface area contributed by atoms with Crippen LogP contribution >= 0.6 is 11.8 Å². The summed E-state index contributed by atoms with van der Waals surface area (Å²) in [6.07, 6.45) is 0. The minimum absolute atomic E-state index is 0.0199. The Bertz CT molecular complexity index is 834. The molecule has 2 aromatic rings. The molecule has 0 atom stereocenters. The number of aromatic nitrogens is 3. The molecule has 3 heterocycles. The van der Waals surface area contributed by atoms with E-state index in [0.717, 1.165) is 0 Å². The molecule has 2 aromatic heterocycles. The van der Waals surface area contributed by atoms with Crippen LogP contribution in [0.25, 0.3) is 0 Å². The van der Waals surface area contributed by atoms with Gasteiger partial charge in [0.2, 0.25) is 17.5 Å². The Morgan fingerprint density at radius 3 is 2.54 bits per heavy atom. The smallest absolute Gasteiger partial charge is 0.234 e. The van der Waals surface area contributed by atoms with Gasteiger partial charge in [-0.1, -0.05) is 11.8 Å². The lowest BCUT2D eigenvalue weighted by Gasteiger charge is -2.34. The molecule has 0 aliphatic carbocycles. The molecule has 1 aliphatic heterocycles. The van der Waals surface area contributed by atoms with Crippen molar-refractivity contribution < 1.29 is 9.21 Å². The number of anilines is 3. The van der Waals surface area contributed by atoms with Crippen LogP contribution in [-0.2, 0) is 4.79 Å². The second-order valence-electron chi connectivity index (χ2n) is 5.66. The summed E-state index contributed by atoms with van der Waals surface area (Å²) < 4.78 is 5.51. The zero-order valence-corrected chi connectivity index (χ0v) is 15.0. The average molecular weight is 374 g/mol. The van der Waals surface area contributed by atoms with Crippen molar-refractivity contribution in [3.05, 3.63) is 17.7 Å². The normalized spacial score (nSPS) is 14.3. The first-order valence-corrected chi connectivity index (χ1v) is 8.88. The van der Waals surface area contributed by atoms with Crippen LogP contribution in [0.5, 0.6) is 0 Å². The van der Waals surface area contributed by atoms with E-state index in [4.69, 9.17) is 21.1 Å². The summed E-state index contributed by atoms with van der Waals surface area (Å²) in [7, 11) is 0. The number of nitrogens with zero attached hydrogens (tertiary/aromatic N) is 6. The monoisotopic (exact) mass is 374 g/mol. The number of hydrogen-bond acceptors (Lipinski definition) is 10. The summed E-state index contributed by atoms with van der Waals surface area (Å²) in [6, 6.07) is 3.49. The largest absolute Gasteiger partial charge is 0.424 e. The van der Waals surface area contributed by atoms with Gasteiger partial charge in [0.05, 0.1) is 5.75 Å². The fraction of sp³-hybridized carbons (Fsp3) is 0.400. The minimum Gasteiger partial charge on any atom is -0.424 e. The van der Waals surface area contributed by atoms with E-state index in [1.807, 2.05) is 11.0 Å². The van der Waals surface area contributed by atoms with Crippen molar-refractivity contribution in [1.29, 1.82) is 5.26 Å². The average Bonchev–Trinajstić information content (AvgIpc) is 3.00. The molecule has 1 saturated heterocycles. The van der Waals surface area contributed by atoms with Gasteiger partial charge in [-0.3, -0.25) is 4.79 Å². The first-order chi connectivity index (χ1) is 12.5. The van der Waals surface area contributed by atoms with Gasteiger partial charge in [0.15, 0.2) is 11.0 Å². The number of oxazole rings is 1. The third kappa shape index (κ3) is 3.97. The standard InChI is InChI=1S/C15H18N8O2S/c1-9-19-10(7-16)14(25-9)23-4-2-22(3-5-23)13(24)8-26-15-20-11(17)6-12(18)21-15/h6H,2-5,8H2,1H3,(H4,17,18,20,21). The number of piperazine rings is 1. The summed E-state index contributed by atoms with van der Waals surface area (Å²) in [5.41, 5.74) is 11.5. The number of nitrogen functional groups attached to an aromatic ring is 2. The molecular weight excluding hydrogens is 356 g/mol. The number of nitrogens with two attached hydrogens (primary N) is 2. The molecule has 0 saturated carbocycles. The number of nitriles is 1. The molecule has 11 heteroatoms. The maximum absolute atomic E-state index is 12.4. The fourth-order valence-corrected chi connectivity index (χ4v) is 3.38. The zero-order valence-electron chi connectivity index (χ0n) is 14.2. The summed E-state index contributed by atoms with van der Waals surface area (Å²) in [6.45, 7) is 3.91. The predicted octanol–water partition coefficient (Wildman–Crippen LogP) is 0.250. The number of rotatable bonds is 4. The molecule has 0 aromatic carbocycles. The zero-order chi connectivity index (χ0) is 18.7. The molecule has 0 bridgehead atoms. The Kier molecular flexibility index (Phi) is 5.13. The summed E-state index contributed by atoms with van der Waals surface area (Å²) in [5, 5.41) is 9.50. The van der Waals surface area contributed by atoms with Crippen molar-refractivity contribution in [2.24, 2.45) is 0 Å². The van der Waals surface area contributed by atoms with Crippen LogP contribution in [-0.4, -0.2) is 57.7 Å². The molecule has 1 aliphatic rings. The molecule has 136 valence electrons. The van der Waals surface area contributed by atoms with Crippen molar-refractivity contribution in [1.82, 2.24) is 19.9 Å². The van der Waals surface area contributed by atoms with E-state index < -0.39 is 0 Å². The van der Waals surface area contributed by atoms with Crippen molar-refractivity contribution in [3.63, 3.8) is 0 Å². The Labute approximate surface area is 154 Å². The number of thioether (sulfide) groups is 1. The lowest BCUT2D eigenvalue weighted by atomic mass is 10.3. The maximum Gasteiger partial charge on any atom is 0.234 e. The Balaban J connectivity index is 1.54. The van der Waals surface area contributed by atoms with Crippen LogP contribution < -0.4 is 16.4 Å². The SMILES string of the molecule is Cc1nc(C#N)c(N2CCN(C(=O)CSc3nc(N)cc(N)n3)CC2)o1. The second kappa shape index (κ2) is 7.49. The van der Waals surface area contributed by atoms with Gasteiger partial charge in [-0.05, 0) is 0 Å². The van der Waals surface area contributed by atoms with E-state index in [1.54, 1.807) is 11.8 Å². The highest BCUT2D eigenvalue weighted by Crippen LogP contribution is 2.23. The van der Waals surface area contributed by atoms with Crippen LogP contribution in [0.15, 0.2) is 15.6 Å². The third-order valence-electron chi connectivity index (χ3n) is 3.81. The van der Waals surface area contributed by atoms with Crippen LogP contribution in [0.3, 0.4) is 0 Å². The highest BCUT2D eigenvalue weighted by molar-refractivity contribution is 7.99. The van der Waals surface area contributed by atoms with Crippen LogP contribution in [0, 0.1) is 18.3 Å². The summed E-state index contributed by atoms with van der Waals surface area (Å²) >= 11 is 1.20. The van der Waals surface area contributed by atoms with Crippen molar-refractivity contribution in [2.75, 3.05) is 48.3 Å². The highest BCUT2D eigenvalue weighted by atomic mass is 32.2. The Morgan fingerprint density at radius 2 is 1.92 bits per heavy atom. The molecule has 1 fully saturated rings. The molecule has 26 heavy (non-hydrogen) atoms. The molecule has 1 amide bonds. The first kappa shape index (κ1) is 17.8. The van der Waals surface area contributed by atoms with Crippen molar-refractivity contribution in [3.8, 4) is 6.07 Å². The number of carbonyl (C=O) groups is 1. The quantitative estimate of drug-likeness (QED) is 0.562. The van der Waals surface area contributed by atoms with E-state index in [1.165, 1.54) is 17.8 Å². The molecule has 0 radical (unpaired) electrons. The molecule has 0 spiro atoms. The summed E-state index contributed by atoms with van der Waals surface area (Å²) in [4.78, 5) is 28.2. The minimum atomic E-state index is -0.0199. The lowest BCUT2D eigenvalue weighted by molar-refractivity contribution is -0.128. The van der Waals surface area contributed by atoms with E-state index in [9.17, 15) is 4.79 Å². The number of hydrogen-bond donors (Lipinski definition) is 2. The van der Waals surface area contributed by atoms with Gasteiger partial charge in [0.1, 0.15) is 17.7 Å².